The van der Waals surface area contributed by atoms with E-state index in [-0.39, 0.29) is 27.0 Å². The average Bonchev–Trinajstić information content (AvgIpc) is 2.52. The Morgan fingerprint density at radius 1 is 1.11 bits per heavy atom. The van der Waals surface area contributed by atoms with Gasteiger partial charge < -0.3 is 11.1 Å². The van der Waals surface area contributed by atoms with Crippen molar-refractivity contribution in [2.75, 3.05) is 15.9 Å². The molecule has 2 rings (SSSR count). The first kappa shape index (κ1) is 21.0. The molecular weight excluding hydrogens is 413 g/mol. The number of benzene rings is 2. The van der Waals surface area contributed by atoms with Gasteiger partial charge in [0.05, 0.1) is 23.2 Å². The lowest BCUT2D eigenvalue weighted by molar-refractivity contribution is -0.116. The summed E-state index contributed by atoms with van der Waals surface area (Å²) in [6.45, 7) is 1.40. The molecule has 144 valence electrons. The molecule has 0 saturated carbocycles. The normalized spacial score (nSPS) is 12.3. The van der Waals surface area contributed by atoms with Gasteiger partial charge in [-0.3, -0.25) is 13.9 Å². The lowest BCUT2D eigenvalue weighted by atomic mass is 10.1. The number of rotatable bonds is 6. The van der Waals surface area contributed by atoms with Crippen LogP contribution in [0.1, 0.15) is 17.3 Å². The molecule has 0 radical (unpaired) electrons. The smallest absolute Gasteiger partial charge is 0.250 e. The summed E-state index contributed by atoms with van der Waals surface area (Å²) < 4.78 is 25.5. The van der Waals surface area contributed by atoms with E-state index in [1.54, 1.807) is 12.1 Å². The predicted octanol–water partition coefficient (Wildman–Crippen LogP) is 2.89. The topological polar surface area (TPSA) is 110 Å². The van der Waals surface area contributed by atoms with Crippen LogP contribution in [0.25, 0.3) is 0 Å². The molecule has 0 fully saturated rings. The van der Waals surface area contributed by atoms with E-state index in [0.29, 0.717) is 0 Å². The lowest BCUT2D eigenvalue weighted by Gasteiger charge is -2.28. The van der Waals surface area contributed by atoms with Crippen molar-refractivity contribution in [3.8, 4) is 0 Å². The molecule has 1 atom stereocenters. The van der Waals surface area contributed by atoms with E-state index in [4.69, 9.17) is 28.9 Å². The maximum Gasteiger partial charge on any atom is 0.250 e. The highest BCUT2D eigenvalue weighted by atomic mass is 35.5. The van der Waals surface area contributed by atoms with Gasteiger partial charge in [0.25, 0.3) is 5.91 Å². The van der Waals surface area contributed by atoms with E-state index >= 15 is 0 Å². The molecular formula is C17H17Cl2N3O4S. The second kappa shape index (κ2) is 8.16. The van der Waals surface area contributed by atoms with Crippen LogP contribution in [0.5, 0.6) is 0 Å². The Morgan fingerprint density at radius 3 is 2.19 bits per heavy atom. The molecule has 3 N–H and O–H groups in total. The molecule has 10 heteroatoms. The van der Waals surface area contributed by atoms with Crippen LogP contribution in [0.4, 0.5) is 11.4 Å². The standard InChI is InChI=1S/C17H17Cl2N3O4S/c1-10(17(24)21-15-6-4-3-5-14(15)16(20)23)22(27(2,25)26)13-8-11(18)7-12(19)9-13/h3-10H,1-2H3,(H2,20,23)(H,21,24)/t10-/m0/s1. The molecule has 7 nitrogen and oxygen atoms in total. The Labute approximate surface area is 167 Å². The summed E-state index contributed by atoms with van der Waals surface area (Å²) >= 11 is 11.9. The number of carbonyl (C=O) groups is 2. The molecule has 0 unspecified atom stereocenters. The van der Waals surface area contributed by atoms with Crippen molar-refractivity contribution in [1.29, 1.82) is 0 Å². The largest absolute Gasteiger partial charge is 0.366 e. The molecule has 0 heterocycles. The van der Waals surface area contributed by atoms with E-state index in [2.05, 4.69) is 5.32 Å². The van der Waals surface area contributed by atoms with Crippen LogP contribution in [-0.2, 0) is 14.8 Å². The third-order valence-corrected chi connectivity index (χ3v) is 5.32. The molecule has 2 amide bonds. The predicted molar refractivity (Wildman–Crippen MR) is 107 cm³/mol. The zero-order valence-corrected chi connectivity index (χ0v) is 16.8. The summed E-state index contributed by atoms with van der Waals surface area (Å²) in [6, 6.07) is 9.20. The Bertz CT molecular complexity index is 975. The zero-order valence-electron chi connectivity index (χ0n) is 14.4. The number of hydrogen-bond acceptors (Lipinski definition) is 4. The number of amides is 2. The first-order valence-corrected chi connectivity index (χ1v) is 10.3. The number of nitrogens with one attached hydrogen (secondary N) is 1. The van der Waals surface area contributed by atoms with Gasteiger partial charge in [0.15, 0.2) is 0 Å². The highest BCUT2D eigenvalue weighted by Crippen LogP contribution is 2.29. The van der Waals surface area contributed by atoms with Gasteiger partial charge in [0.1, 0.15) is 6.04 Å². The maximum absolute atomic E-state index is 12.7. The van der Waals surface area contributed by atoms with Crippen LogP contribution in [0.15, 0.2) is 42.5 Å². The van der Waals surface area contributed by atoms with Gasteiger partial charge in [0, 0.05) is 10.0 Å². The first-order chi connectivity index (χ1) is 12.5. The molecule has 0 bridgehead atoms. The molecule has 0 aliphatic heterocycles. The van der Waals surface area contributed by atoms with Crippen LogP contribution in [0.3, 0.4) is 0 Å². The van der Waals surface area contributed by atoms with E-state index in [1.807, 2.05) is 0 Å². The zero-order chi connectivity index (χ0) is 20.4. The van der Waals surface area contributed by atoms with Gasteiger partial charge in [0.2, 0.25) is 15.9 Å². The summed E-state index contributed by atoms with van der Waals surface area (Å²) in [4.78, 5) is 24.2. The summed E-state index contributed by atoms with van der Waals surface area (Å²) in [5, 5.41) is 2.97. The van der Waals surface area contributed by atoms with Crippen molar-refractivity contribution in [3.05, 3.63) is 58.1 Å². The number of sulfonamides is 1. The van der Waals surface area contributed by atoms with Crippen LogP contribution in [-0.4, -0.2) is 32.5 Å². The Kier molecular flexibility index (Phi) is 6.35. The van der Waals surface area contributed by atoms with Crippen molar-refractivity contribution < 1.29 is 18.0 Å². The average molecular weight is 430 g/mol. The monoisotopic (exact) mass is 429 g/mol. The summed E-state index contributed by atoms with van der Waals surface area (Å²) in [5.74, 6) is -1.38. The number of hydrogen-bond donors (Lipinski definition) is 2. The lowest BCUT2D eigenvalue weighted by Crippen LogP contribution is -2.45. The molecule has 2 aromatic carbocycles. The second-order valence-electron chi connectivity index (χ2n) is 5.76. The molecule has 0 saturated heterocycles. The maximum atomic E-state index is 12.7. The molecule has 27 heavy (non-hydrogen) atoms. The number of para-hydroxylation sites is 1. The van der Waals surface area contributed by atoms with Gasteiger partial charge in [-0.2, -0.15) is 0 Å². The summed E-state index contributed by atoms with van der Waals surface area (Å²) in [7, 11) is -3.85. The number of nitrogens with zero attached hydrogens (tertiary/aromatic N) is 1. The van der Waals surface area contributed by atoms with Crippen LogP contribution in [0, 0.1) is 0 Å². The summed E-state index contributed by atoms with van der Waals surface area (Å²) in [6.07, 6.45) is 0.961. The van der Waals surface area contributed by atoms with Gasteiger partial charge in [-0.25, -0.2) is 8.42 Å². The van der Waals surface area contributed by atoms with Gasteiger partial charge in [-0.05, 0) is 37.3 Å². The number of carbonyl (C=O) groups excluding carboxylic acids is 2. The molecule has 0 spiro atoms. The second-order valence-corrected chi connectivity index (χ2v) is 8.49. The Balaban J connectivity index is 2.40. The molecule has 0 aliphatic carbocycles. The fourth-order valence-corrected chi connectivity index (χ4v) is 4.19. The minimum absolute atomic E-state index is 0.106. The third kappa shape index (κ3) is 5.12. The van der Waals surface area contributed by atoms with Crippen molar-refractivity contribution in [2.24, 2.45) is 5.73 Å². The van der Waals surface area contributed by atoms with Crippen molar-refractivity contribution >= 4 is 56.4 Å². The van der Waals surface area contributed by atoms with E-state index in [1.165, 1.54) is 37.3 Å². The first-order valence-electron chi connectivity index (χ1n) is 7.66. The van der Waals surface area contributed by atoms with E-state index < -0.39 is 27.9 Å². The minimum atomic E-state index is -3.85. The van der Waals surface area contributed by atoms with Gasteiger partial charge >= 0.3 is 0 Å². The minimum Gasteiger partial charge on any atom is -0.366 e. The molecule has 0 aromatic heterocycles. The molecule has 0 aliphatic rings. The van der Waals surface area contributed by atoms with Crippen molar-refractivity contribution in [2.45, 2.75) is 13.0 Å². The highest BCUT2D eigenvalue weighted by Gasteiger charge is 2.30. The van der Waals surface area contributed by atoms with E-state index in [9.17, 15) is 18.0 Å². The molecule has 2 aromatic rings. The number of primary amides is 1. The fraction of sp³-hybridized carbons (Fsp3) is 0.176. The SMILES string of the molecule is C[C@@H](C(=O)Nc1ccccc1C(N)=O)N(c1cc(Cl)cc(Cl)c1)S(C)(=O)=O. The van der Waals surface area contributed by atoms with Crippen LogP contribution in [0.2, 0.25) is 10.0 Å². The van der Waals surface area contributed by atoms with Gasteiger partial charge in [-0.15, -0.1) is 0 Å². The summed E-state index contributed by atoms with van der Waals surface area (Å²) in [5.41, 5.74) is 5.72. The van der Waals surface area contributed by atoms with Crippen LogP contribution >= 0.6 is 23.2 Å². The Morgan fingerprint density at radius 2 is 1.67 bits per heavy atom. The number of anilines is 2. The highest BCUT2D eigenvalue weighted by molar-refractivity contribution is 7.92. The Hall–Kier alpha value is -2.29. The third-order valence-electron chi connectivity index (χ3n) is 3.64. The quantitative estimate of drug-likeness (QED) is 0.734. The van der Waals surface area contributed by atoms with Gasteiger partial charge in [-0.1, -0.05) is 35.3 Å². The van der Waals surface area contributed by atoms with Crippen LogP contribution < -0.4 is 15.4 Å². The van der Waals surface area contributed by atoms with Crippen molar-refractivity contribution in [3.63, 3.8) is 0 Å². The number of nitrogens with two attached hydrogens (primary N) is 1. The fourth-order valence-electron chi connectivity index (χ4n) is 2.52. The number of halogens is 2. The van der Waals surface area contributed by atoms with Crippen molar-refractivity contribution in [1.82, 2.24) is 0 Å². The van der Waals surface area contributed by atoms with E-state index in [0.717, 1.165) is 10.6 Å².